The van der Waals surface area contributed by atoms with Crippen molar-refractivity contribution in [3.63, 3.8) is 0 Å². The molecule has 1 N–H and O–H groups in total. The molecule has 0 bridgehead atoms. The number of rotatable bonds is 5. The van der Waals surface area contributed by atoms with E-state index in [1.165, 1.54) is 11.3 Å². The number of fused-ring (bicyclic) bond motifs is 1. The average molecular weight is 400 g/mol. The van der Waals surface area contributed by atoms with Gasteiger partial charge < -0.3 is 4.74 Å². The van der Waals surface area contributed by atoms with E-state index in [4.69, 9.17) is 16.3 Å². The fraction of sp³-hybridized carbons (Fsp3) is 0.111. The van der Waals surface area contributed by atoms with Gasteiger partial charge in [0.05, 0.1) is 0 Å². The van der Waals surface area contributed by atoms with Crippen LogP contribution in [0.2, 0.25) is 5.02 Å². The largest absolute Gasteiger partial charge is 0.481 e. The molecule has 2 heterocycles. The molecule has 0 spiro atoms. The van der Waals surface area contributed by atoms with Crippen molar-refractivity contribution in [2.45, 2.75) is 13.0 Å². The van der Waals surface area contributed by atoms with Crippen LogP contribution in [0.25, 0.3) is 16.3 Å². The summed E-state index contributed by atoms with van der Waals surface area (Å²) in [6.07, 6.45) is -0.669. The summed E-state index contributed by atoms with van der Waals surface area (Å²) in [5.41, 5.74) is 0.829. The molecule has 27 heavy (non-hydrogen) atoms. The van der Waals surface area contributed by atoms with E-state index in [9.17, 15) is 4.79 Å². The van der Waals surface area contributed by atoms with Crippen LogP contribution in [0, 0.1) is 0 Å². The molecule has 1 amide bonds. The van der Waals surface area contributed by atoms with Crippen LogP contribution in [-0.4, -0.2) is 31.8 Å². The summed E-state index contributed by atoms with van der Waals surface area (Å²) < 4.78 is 7.22. The van der Waals surface area contributed by atoms with Crippen molar-refractivity contribution in [2.24, 2.45) is 0 Å². The van der Waals surface area contributed by atoms with Gasteiger partial charge in [-0.3, -0.25) is 10.1 Å². The fourth-order valence-corrected chi connectivity index (χ4v) is 3.28. The van der Waals surface area contributed by atoms with E-state index in [1.807, 2.05) is 30.3 Å². The quantitative estimate of drug-likeness (QED) is 0.550. The predicted molar refractivity (Wildman–Crippen MR) is 104 cm³/mol. The van der Waals surface area contributed by atoms with Gasteiger partial charge in [-0.1, -0.05) is 41.1 Å². The smallest absolute Gasteiger partial charge is 0.266 e. The standard InChI is InChI=1S/C18H14ClN5O2S/c1-11(26-14-5-3-2-4-6-14)16(25)20-17-23-24-15(21-22-18(24)27-17)12-7-9-13(19)10-8-12/h2-11H,1H3,(H,20,23,25)/t11-/m1/s1. The molecule has 1 atom stereocenters. The summed E-state index contributed by atoms with van der Waals surface area (Å²) in [6.45, 7) is 1.68. The first-order valence-corrected chi connectivity index (χ1v) is 9.30. The van der Waals surface area contributed by atoms with Gasteiger partial charge in [-0.25, -0.2) is 0 Å². The highest BCUT2D eigenvalue weighted by molar-refractivity contribution is 7.20. The first-order chi connectivity index (χ1) is 13.1. The molecule has 0 radical (unpaired) electrons. The molecule has 7 nitrogen and oxygen atoms in total. The van der Waals surface area contributed by atoms with Crippen LogP contribution < -0.4 is 10.1 Å². The molecule has 0 saturated carbocycles. The number of halogens is 1. The van der Waals surface area contributed by atoms with Crippen LogP contribution in [0.5, 0.6) is 5.75 Å². The highest BCUT2D eigenvalue weighted by Crippen LogP contribution is 2.25. The normalized spacial score (nSPS) is 12.1. The van der Waals surface area contributed by atoms with Crippen molar-refractivity contribution < 1.29 is 9.53 Å². The topological polar surface area (TPSA) is 81.4 Å². The molecule has 4 rings (SSSR count). The van der Waals surface area contributed by atoms with Gasteiger partial charge in [-0.05, 0) is 43.3 Å². The number of benzene rings is 2. The van der Waals surface area contributed by atoms with Crippen molar-refractivity contribution >= 4 is 38.9 Å². The highest BCUT2D eigenvalue weighted by Gasteiger charge is 2.19. The van der Waals surface area contributed by atoms with Crippen LogP contribution in [0.1, 0.15) is 6.92 Å². The van der Waals surface area contributed by atoms with Crippen molar-refractivity contribution in [1.29, 1.82) is 0 Å². The van der Waals surface area contributed by atoms with E-state index in [0.29, 0.717) is 26.7 Å². The fourth-order valence-electron chi connectivity index (χ4n) is 2.41. The Balaban J connectivity index is 1.51. The third kappa shape index (κ3) is 3.76. The monoisotopic (exact) mass is 399 g/mol. The minimum absolute atomic E-state index is 0.295. The molecule has 0 fully saturated rings. The molecular weight excluding hydrogens is 386 g/mol. The molecule has 0 aliphatic rings. The van der Waals surface area contributed by atoms with Gasteiger partial charge in [0.25, 0.3) is 5.91 Å². The van der Waals surface area contributed by atoms with Gasteiger partial charge in [0.1, 0.15) is 5.75 Å². The van der Waals surface area contributed by atoms with Gasteiger partial charge in [-0.2, -0.15) is 4.52 Å². The maximum atomic E-state index is 12.4. The van der Waals surface area contributed by atoms with E-state index in [2.05, 4.69) is 20.6 Å². The molecular formula is C18H14ClN5O2S. The van der Waals surface area contributed by atoms with Gasteiger partial charge in [0, 0.05) is 10.6 Å². The average Bonchev–Trinajstić information content (AvgIpc) is 3.23. The maximum absolute atomic E-state index is 12.4. The molecule has 0 aliphatic heterocycles. The Morgan fingerprint density at radius 3 is 2.63 bits per heavy atom. The molecule has 9 heteroatoms. The van der Waals surface area contributed by atoms with Crippen molar-refractivity contribution in [3.8, 4) is 17.1 Å². The summed E-state index contributed by atoms with van der Waals surface area (Å²) in [6, 6.07) is 16.4. The number of nitrogens with zero attached hydrogens (tertiary/aromatic N) is 4. The van der Waals surface area contributed by atoms with Crippen LogP contribution in [0.15, 0.2) is 54.6 Å². The molecule has 2 aromatic heterocycles. The van der Waals surface area contributed by atoms with Crippen LogP contribution in [-0.2, 0) is 4.79 Å². The number of para-hydroxylation sites is 1. The second kappa shape index (κ2) is 7.34. The second-order valence-corrected chi connectivity index (χ2v) is 7.09. The zero-order valence-corrected chi connectivity index (χ0v) is 15.7. The first kappa shape index (κ1) is 17.4. The Morgan fingerprint density at radius 1 is 1.15 bits per heavy atom. The number of nitrogens with one attached hydrogen (secondary N) is 1. The lowest BCUT2D eigenvalue weighted by Crippen LogP contribution is -2.30. The van der Waals surface area contributed by atoms with E-state index >= 15 is 0 Å². The van der Waals surface area contributed by atoms with Gasteiger partial charge in [-0.15, -0.1) is 15.3 Å². The SMILES string of the molecule is C[C@@H](Oc1ccccc1)C(=O)Nc1nn2c(-c3ccc(Cl)cc3)nnc2s1. The Kier molecular flexibility index (Phi) is 4.74. The number of aromatic nitrogens is 4. The zero-order valence-electron chi connectivity index (χ0n) is 14.2. The minimum atomic E-state index is -0.669. The number of carbonyl (C=O) groups is 1. The Bertz CT molecular complexity index is 1080. The molecule has 0 unspecified atom stereocenters. The van der Waals surface area contributed by atoms with Crippen molar-refractivity contribution in [1.82, 2.24) is 19.8 Å². The number of anilines is 1. The van der Waals surface area contributed by atoms with E-state index in [-0.39, 0.29) is 5.91 Å². The lowest BCUT2D eigenvalue weighted by molar-refractivity contribution is -0.122. The Hall–Kier alpha value is -2.97. The Morgan fingerprint density at radius 2 is 1.89 bits per heavy atom. The van der Waals surface area contributed by atoms with Crippen LogP contribution in [0.3, 0.4) is 0 Å². The van der Waals surface area contributed by atoms with Gasteiger partial charge in [0.2, 0.25) is 10.1 Å². The summed E-state index contributed by atoms with van der Waals surface area (Å²) in [7, 11) is 0. The van der Waals surface area contributed by atoms with E-state index in [1.54, 1.807) is 35.7 Å². The Labute approximate surface area is 163 Å². The summed E-state index contributed by atoms with van der Waals surface area (Å²) >= 11 is 7.16. The second-order valence-electron chi connectivity index (χ2n) is 5.69. The van der Waals surface area contributed by atoms with Crippen LogP contribution in [0.4, 0.5) is 5.13 Å². The van der Waals surface area contributed by atoms with Gasteiger partial charge in [0.15, 0.2) is 11.9 Å². The van der Waals surface area contributed by atoms with Crippen molar-refractivity contribution in [3.05, 3.63) is 59.6 Å². The predicted octanol–water partition coefficient (Wildman–Crippen LogP) is 3.91. The number of carbonyl (C=O) groups excluding carboxylic acids is 1. The molecule has 4 aromatic rings. The number of hydrogen-bond donors (Lipinski definition) is 1. The van der Waals surface area contributed by atoms with Crippen molar-refractivity contribution in [2.75, 3.05) is 5.32 Å². The van der Waals surface area contributed by atoms with E-state index in [0.717, 1.165) is 5.56 Å². The first-order valence-electron chi connectivity index (χ1n) is 8.11. The third-order valence-electron chi connectivity index (χ3n) is 3.75. The lowest BCUT2D eigenvalue weighted by atomic mass is 10.2. The third-order valence-corrected chi connectivity index (χ3v) is 4.81. The summed E-state index contributed by atoms with van der Waals surface area (Å²) in [5, 5.41) is 16.5. The van der Waals surface area contributed by atoms with E-state index < -0.39 is 6.10 Å². The number of amides is 1. The summed E-state index contributed by atoms with van der Waals surface area (Å²) in [4.78, 5) is 13.0. The van der Waals surface area contributed by atoms with Gasteiger partial charge >= 0.3 is 0 Å². The molecule has 0 aliphatic carbocycles. The zero-order chi connectivity index (χ0) is 18.8. The number of hydrogen-bond acceptors (Lipinski definition) is 6. The maximum Gasteiger partial charge on any atom is 0.266 e. The van der Waals surface area contributed by atoms with Crippen LogP contribution >= 0.6 is 22.9 Å². The minimum Gasteiger partial charge on any atom is -0.481 e. The highest BCUT2D eigenvalue weighted by atomic mass is 35.5. The molecule has 0 saturated heterocycles. The summed E-state index contributed by atoms with van der Waals surface area (Å²) in [5.74, 6) is 0.909. The molecule has 136 valence electrons. The molecule has 2 aromatic carbocycles. The lowest BCUT2D eigenvalue weighted by Gasteiger charge is -2.13. The number of ether oxygens (including phenoxy) is 1.